The van der Waals surface area contributed by atoms with Gasteiger partial charge in [0.25, 0.3) is 5.91 Å². The molecule has 108 valence electrons. The topological polar surface area (TPSA) is 68.0 Å². The first kappa shape index (κ1) is 16.2. The molecular weight excluding hydrogens is 250 g/mol. The number of nitrogens with two attached hydrogens (primary N) is 1. The van der Waals surface area contributed by atoms with Crippen molar-refractivity contribution in [2.45, 2.75) is 39.7 Å². The summed E-state index contributed by atoms with van der Waals surface area (Å²) < 4.78 is 0. The maximum atomic E-state index is 12.3. The van der Waals surface area contributed by atoms with Crippen LogP contribution >= 0.6 is 0 Å². The average molecular weight is 273 g/mol. The zero-order valence-corrected chi connectivity index (χ0v) is 12.4. The summed E-state index contributed by atoms with van der Waals surface area (Å²) in [6, 6.07) is 1.83. The molecule has 1 amide bonds. The fourth-order valence-corrected chi connectivity index (χ4v) is 1.97. The number of rotatable bonds is 5. The van der Waals surface area contributed by atoms with E-state index in [4.69, 9.17) is 5.73 Å². The maximum absolute atomic E-state index is 12.3. The van der Waals surface area contributed by atoms with Gasteiger partial charge in [0.1, 0.15) is 0 Å². The number of carbonyl (C=O) groups excluding carboxylic acids is 1. The Bertz CT molecular complexity index is 502. The van der Waals surface area contributed by atoms with Gasteiger partial charge in [0.05, 0.1) is 17.7 Å². The molecule has 4 nitrogen and oxygen atoms in total. The number of amides is 1. The van der Waals surface area contributed by atoms with E-state index in [1.165, 1.54) is 0 Å². The Morgan fingerprint density at radius 1 is 1.50 bits per heavy atom. The molecule has 1 heterocycles. The summed E-state index contributed by atoms with van der Waals surface area (Å²) in [5, 5.41) is 3.01. The third-order valence-electron chi connectivity index (χ3n) is 3.22. The van der Waals surface area contributed by atoms with Crippen LogP contribution in [0.4, 0.5) is 0 Å². The van der Waals surface area contributed by atoms with E-state index >= 15 is 0 Å². The SMILES string of the molecule is CCC(C)CC(C)NC(=O)c1ccncc1C#CCN. The molecule has 0 aliphatic carbocycles. The third-order valence-corrected chi connectivity index (χ3v) is 3.22. The Kier molecular flexibility index (Phi) is 6.75. The fourth-order valence-electron chi connectivity index (χ4n) is 1.97. The largest absolute Gasteiger partial charge is 0.350 e. The standard InChI is InChI=1S/C16H23N3O/c1-4-12(2)10-13(3)19-16(20)15-7-9-18-11-14(15)6-5-8-17/h7,9,11-13H,4,8,10,17H2,1-3H3,(H,19,20). The van der Waals surface area contributed by atoms with E-state index in [0.717, 1.165) is 12.8 Å². The highest BCUT2D eigenvalue weighted by atomic mass is 16.1. The zero-order valence-electron chi connectivity index (χ0n) is 12.4. The molecule has 1 aromatic heterocycles. The quantitative estimate of drug-likeness (QED) is 0.806. The summed E-state index contributed by atoms with van der Waals surface area (Å²) in [6.07, 6.45) is 5.28. The molecule has 1 rings (SSSR count). The van der Waals surface area contributed by atoms with Gasteiger partial charge in [-0.2, -0.15) is 0 Å². The molecule has 2 unspecified atom stereocenters. The summed E-state index contributed by atoms with van der Waals surface area (Å²) in [6.45, 7) is 6.63. The van der Waals surface area contributed by atoms with Gasteiger partial charge in [-0.25, -0.2) is 0 Å². The number of nitrogens with zero attached hydrogens (tertiary/aromatic N) is 1. The lowest BCUT2D eigenvalue weighted by Gasteiger charge is -2.17. The highest BCUT2D eigenvalue weighted by Crippen LogP contribution is 2.11. The predicted molar refractivity (Wildman–Crippen MR) is 81.2 cm³/mol. The van der Waals surface area contributed by atoms with E-state index < -0.39 is 0 Å². The van der Waals surface area contributed by atoms with Crippen LogP contribution in [0, 0.1) is 17.8 Å². The van der Waals surface area contributed by atoms with Gasteiger partial charge >= 0.3 is 0 Å². The lowest BCUT2D eigenvalue weighted by molar-refractivity contribution is 0.0935. The number of hydrogen-bond acceptors (Lipinski definition) is 3. The normalized spacial score (nSPS) is 13.0. The number of carbonyl (C=O) groups is 1. The van der Waals surface area contributed by atoms with E-state index in [0.29, 0.717) is 17.0 Å². The minimum Gasteiger partial charge on any atom is -0.350 e. The summed E-state index contributed by atoms with van der Waals surface area (Å²) >= 11 is 0. The minimum absolute atomic E-state index is 0.107. The van der Waals surface area contributed by atoms with Crippen LogP contribution < -0.4 is 11.1 Å². The number of hydrogen-bond donors (Lipinski definition) is 2. The van der Waals surface area contributed by atoms with Crippen LogP contribution in [0.5, 0.6) is 0 Å². The molecule has 0 radical (unpaired) electrons. The number of pyridine rings is 1. The predicted octanol–water partition coefficient (Wildman–Crippen LogP) is 1.95. The first-order valence-electron chi connectivity index (χ1n) is 7.02. The molecule has 0 bridgehead atoms. The highest BCUT2D eigenvalue weighted by Gasteiger charge is 2.14. The molecule has 0 saturated carbocycles. The van der Waals surface area contributed by atoms with Gasteiger partial charge in [-0.3, -0.25) is 9.78 Å². The first-order valence-corrected chi connectivity index (χ1v) is 7.02. The Hall–Kier alpha value is -1.86. The molecule has 0 aliphatic rings. The fraction of sp³-hybridized carbons (Fsp3) is 0.500. The summed E-state index contributed by atoms with van der Waals surface area (Å²) in [5.74, 6) is 6.12. The first-order chi connectivity index (χ1) is 9.58. The monoisotopic (exact) mass is 273 g/mol. The average Bonchev–Trinajstić information content (AvgIpc) is 2.44. The van der Waals surface area contributed by atoms with Gasteiger partial charge in [0.2, 0.25) is 0 Å². The molecule has 4 heteroatoms. The summed E-state index contributed by atoms with van der Waals surface area (Å²) in [5.41, 5.74) is 6.53. The van der Waals surface area contributed by atoms with Crippen LogP contribution in [0.1, 0.15) is 49.5 Å². The van der Waals surface area contributed by atoms with Crippen molar-refractivity contribution in [3.05, 3.63) is 29.6 Å². The van der Waals surface area contributed by atoms with Gasteiger partial charge in [0.15, 0.2) is 0 Å². The molecule has 0 aliphatic heterocycles. The van der Waals surface area contributed by atoms with E-state index in [2.05, 4.69) is 36.0 Å². The van der Waals surface area contributed by atoms with E-state index in [1.807, 2.05) is 6.92 Å². The molecule has 0 fully saturated rings. The summed E-state index contributed by atoms with van der Waals surface area (Å²) in [4.78, 5) is 16.3. The molecule has 3 N–H and O–H groups in total. The van der Waals surface area contributed by atoms with Crippen molar-refractivity contribution in [3.8, 4) is 11.8 Å². The number of nitrogens with one attached hydrogen (secondary N) is 1. The van der Waals surface area contributed by atoms with Crippen LogP contribution in [0.15, 0.2) is 18.5 Å². The van der Waals surface area contributed by atoms with Crippen LogP contribution in [0.25, 0.3) is 0 Å². The Labute approximate surface area is 121 Å². The zero-order chi connectivity index (χ0) is 15.0. The third kappa shape index (κ3) is 5.02. The van der Waals surface area contributed by atoms with Gasteiger partial charge in [-0.05, 0) is 25.3 Å². The molecule has 2 atom stereocenters. The lowest BCUT2D eigenvalue weighted by atomic mass is 10.00. The van der Waals surface area contributed by atoms with Crippen molar-refractivity contribution in [1.29, 1.82) is 0 Å². The smallest absolute Gasteiger partial charge is 0.252 e. The van der Waals surface area contributed by atoms with Crippen LogP contribution in [-0.4, -0.2) is 23.5 Å². The molecule has 20 heavy (non-hydrogen) atoms. The van der Waals surface area contributed by atoms with Crippen molar-refractivity contribution in [3.63, 3.8) is 0 Å². The Balaban J connectivity index is 2.77. The van der Waals surface area contributed by atoms with Gasteiger partial charge < -0.3 is 11.1 Å². The molecular formula is C16H23N3O. The second-order valence-corrected chi connectivity index (χ2v) is 5.05. The van der Waals surface area contributed by atoms with E-state index in [9.17, 15) is 4.79 Å². The number of aromatic nitrogens is 1. The Morgan fingerprint density at radius 2 is 2.25 bits per heavy atom. The van der Waals surface area contributed by atoms with Crippen molar-refractivity contribution >= 4 is 5.91 Å². The van der Waals surface area contributed by atoms with Gasteiger partial charge in [-0.1, -0.05) is 32.1 Å². The maximum Gasteiger partial charge on any atom is 0.252 e. The molecule has 0 saturated heterocycles. The van der Waals surface area contributed by atoms with Gasteiger partial charge in [-0.15, -0.1) is 0 Å². The van der Waals surface area contributed by atoms with Crippen LogP contribution in [0.3, 0.4) is 0 Å². The second-order valence-electron chi connectivity index (χ2n) is 5.05. The second kappa shape index (κ2) is 8.34. The minimum atomic E-state index is -0.107. The summed E-state index contributed by atoms with van der Waals surface area (Å²) in [7, 11) is 0. The van der Waals surface area contributed by atoms with E-state index in [1.54, 1.807) is 18.5 Å². The van der Waals surface area contributed by atoms with Crippen molar-refractivity contribution in [2.24, 2.45) is 11.7 Å². The van der Waals surface area contributed by atoms with Gasteiger partial charge in [0, 0.05) is 18.4 Å². The van der Waals surface area contributed by atoms with E-state index in [-0.39, 0.29) is 18.5 Å². The van der Waals surface area contributed by atoms with Crippen molar-refractivity contribution in [2.75, 3.05) is 6.54 Å². The molecule has 0 aromatic carbocycles. The molecule has 0 spiro atoms. The molecule has 1 aromatic rings. The van der Waals surface area contributed by atoms with Crippen LogP contribution in [-0.2, 0) is 0 Å². The van der Waals surface area contributed by atoms with Crippen molar-refractivity contribution in [1.82, 2.24) is 10.3 Å². The van der Waals surface area contributed by atoms with Crippen LogP contribution in [0.2, 0.25) is 0 Å². The highest BCUT2D eigenvalue weighted by molar-refractivity contribution is 5.96. The lowest BCUT2D eigenvalue weighted by Crippen LogP contribution is -2.34. The van der Waals surface area contributed by atoms with Crippen molar-refractivity contribution < 1.29 is 4.79 Å². The Morgan fingerprint density at radius 3 is 2.90 bits per heavy atom.